The average Bonchev–Trinajstić information content (AvgIpc) is 2.90. The van der Waals surface area contributed by atoms with Crippen LogP contribution in [-0.4, -0.2) is 31.3 Å². The topological polar surface area (TPSA) is 117 Å². The summed E-state index contributed by atoms with van der Waals surface area (Å²) < 4.78 is 6.61. The fourth-order valence-corrected chi connectivity index (χ4v) is 1.98. The highest BCUT2D eigenvalue weighted by Gasteiger charge is 2.08. The third kappa shape index (κ3) is 3.04. The minimum atomic E-state index is -0.577. The van der Waals surface area contributed by atoms with Gasteiger partial charge in [-0.25, -0.2) is 5.10 Å². The van der Waals surface area contributed by atoms with Crippen LogP contribution in [0.15, 0.2) is 50.9 Å². The van der Waals surface area contributed by atoms with E-state index in [-0.39, 0.29) is 16.3 Å². The summed E-state index contributed by atoms with van der Waals surface area (Å²) in [5, 5.41) is 29.3. The van der Waals surface area contributed by atoms with Gasteiger partial charge >= 0.3 is 0 Å². The number of phenols is 1. The first-order valence-electron chi connectivity index (χ1n) is 6.37. The van der Waals surface area contributed by atoms with Crippen LogP contribution < -0.4 is 5.43 Å². The van der Waals surface area contributed by atoms with Crippen LogP contribution in [-0.2, 0) is 0 Å². The molecule has 2 heterocycles. The van der Waals surface area contributed by atoms with E-state index in [4.69, 9.17) is 21.7 Å². The van der Waals surface area contributed by atoms with Gasteiger partial charge < -0.3 is 14.6 Å². The van der Waals surface area contributed by atoms with Crippen molar-refractivity contribution < 1.29 is 14.6 Å². The van der Waals surface area contributed by atoms with Crippen LogP contribution in [0.1, 0.15) is 5.76 Å². The monoisotopic (exact) mass is 330 g/mol. The predicted molar refractivity (Wildman–Crippen MR) is 84.1 cm³/mol. The number of nitrogens with zero attached hydrogens (tertiary/aromatic N) is 3. The van der Waals surface area contributed by atoms with Crippen molar-refractivity contribution in [3.8, 4) is 22.9 Å². The lowest BCUT2D eigenvalue weighted by Crippen LogP contribution is -2.00. The number of hydrogen-bond donors (Lipinski definition) is 3. The average molecular weight is 330 g/mol. The Bertz CT molecular complexity index is 985. The van der Waals surface area contributed by atoms with Crippen LogP contribution in [0.25, 0.3) is 11.4 Å². The van der Waals surface area contributed by atoms with Crippen LogP contribution in [0.2, 0.25) is 0 Å². The molecule has 0 aliphatic rings. The first kappa shape index (κ1) is 14.7. The Morgan fingerprint density at radius 3 is 2.74 bits per heavy atom. The van der Waals surface area contributed by atoms with Gasteiger partial charge in [0.15, 0.2) is 17.3 Å². The van der Waals surface area contributed by atoms with Gasteiger partial charge in [0.1, 0.15) is 12.0 Å². The molecule has 0 saturated heterocycles. The number of H-pyrrole nitrogens is 1. The number of hydrogen-bond acceptors (Lipinski definition) is 7. The molecule has 0 bridgehead atoms. The molecule has 3 rings (SSSR count). The Morgan fingerprint density at radius 2 is 2.04 bits per heavy atom. The zero-order valence-corrected chi connectivity index (χ0v) is 12.3. The van der Waals surface area contributed by atoms with Gasteiger partial charge in [-0.15, -0.1) is 0 Å². The molecular weight excluding hydrogens is 320 g/mol. The summed E-state index contributed by atoms with van der Waals surface area (Å²) in [4.78, 5) is 11.3. The fraction of sp³-hybridized carbons (Fsp3) is 0. The Balaban J connectivity index is 2.00. The normalized spacial score (nSPS) is 11.1. The van der Waals surface area contributed by atoms with E-state index in [0.29, 0.717) is 11.4 Å². The molecule has 0 atom stereocenters. The molecule has 0 unspecified atom stereocenters. The molecule has 23 heavy (non-hydrogen) atoms. The summed E-state index contributed by atoms with van der Waals surface area (Å²) in [6, 6.07) is 7.45. The minimum absolute atomic E-state index is 0.129. The first-order chi connectivity index (χ1) is 11.0. The van der Waals surface area contributed by atoms with Gasteiger partial charge in [-0.2, -0.15) is 14.9 Å². The van der Waals surface area contributed by atoms with E-state index in [0.717, 1.165) is 12.3 Å². The van der Waals surface area contributed by atoms with Gasteiger partial charge in [0.05, 0.1) is 6.21 Å². The zero-order valence-electron chi connectivity index (χ0n) is 11.5. The van der Waals surface area contributed by atoms with Crippen LogP contribution in [0.5, 0.6) is 11.5 Å². The van der Waals surface area contributed by atoms with Crippen LogP contribution in [0.3, 0.4) is 0 Å². The van der Waals surface area contributed by atoms with Gasteiger partial charge in [0.2, 0.25) is 10.2 Å². The Labute approximate surface area is 134 Å². The third-order valence-electron chi connectivity index (χ3n) is 2.91. The van der Waals surface area contributed by atoms with E-state index in [9.17, 15) is 9.90 Å². The Hall–Kier alpha value is -3.20. The molecule has 0 amide bonds. The molecule has 0 aliphatic heterocycles. The van der Waals surface area contributed by atoms with E-state index in [2.05, 4.69) is 15.3 Å². The van der Waals surface area contributed by atoms with Crippen molar-refractivity contribution in [2.45, 2.75) is 0 Å². The summed E-state index contributed by atoms with van der Waals surface area (Å²) in [5.41, 5.74) is 0.103. The van der Waals surface area contributed by atoms with Crippen molar-refractivity contribution in [2.75, 3.05) is 0 Å². The zero-order chi connectivity index (χ0) is 16.4. The highest BCUT2D eigenvalue weighted by molar-refractivity contribution is 7.71. The molecule has 0 saturated carbocycles. The quantitative estimate of drug-likeness (QED) is 0.498. The number of aromatic hydroxyl groups is 2. The maximum Gasteiger partial charge on any atom is 0.227 e. The maximum absolute atomic E-state index is 11.3. The molecule has 0 radical (unpaired) electrons. The van der Waals surface area contributed by atoms with Crippen molar-refractivity contribution in [3.05, 3.63) is 57.3 Å². The molecule has 116 valence electrons. The maximum atomic E-state index is 11.3. The van der Waals surface area contributed by atoms with Crippen molar-refractivity contribution in [1.82, 2.24) is 14.9 Å². The molecule has 1 aromatic carbocycles. The Morgan fingerprint density at radius 1 is 1.30 bits per heavy atom. The molecule has 0 aliphatic carbocycles. The second kappa shape index (κ2) is 5.89. The van der Waals surface area contributed by atoms with E-state index >= 15 is 0 Å². The van der Waals surface area contributed by atoms with E-state index in [1.165, 1.54) is 23.0 Å². The number of rotatable bonds is 3. The number of nitrogens with one attached hydrogen (secondary N) is 1. The number of aromatic amines is 1. The predicted octanol–water partition coefficient (Wildman–Crippen LogP) is 1.85. The van der Waals surface area contributed by atoms with Crippen LogP contribution in [0, 0.1) is 4.77 Å². The first-order valence-corrected chi connectivity index (χ1v) is 6.78. The lowest BCUT2D eigenvalue weighted by molar-refractivity contribution is 0.427. The molecule has 0 fully saturated rings. The molecular formula is C14H10N4O4S. The molecule has 2 aromatic heterocycles. The molecule has 3 aromatic rings. The largest absolute Gasteiger partial charge is 0.508 e. The minimum Gasteiger partial charge on any atom is -0.508 e. The lowest BCUT2D eigenvalue weighted by Gasteiger charge is -2.01. The third-order valence-corrected chi connectivity index (χ3v) is 3.17. The van der Waals surface area contributed by atoms with Crippen molar-refractivity contribution in [3.63, 3.8) is 0 Å². The van der Waals surface area contributed by atoms with Crippen LogP contribution >= 0.6 is 12.2 Å². The van der Waals surface area contributed by atoms with E-state index < -0.39 is 11.2 Å². The SMILES string of the molecule is O=c1cc(C=Nn2c(-c3ccc(O)cc3)n[nH]c2=S)occ1O. The molecule has 9 heteroatoms. The number of benzene rings is 1. The van der Waals surface area contributed by atoms with Crippen molar-refractivity contribution in [2.24, 2.45) is 5.10 Å². The lowest BCUT2D eigenvalue weighted by atomic mass is 10.2. The second-order valence-corrected chi connectivity index (χ2v) is 4.87. The van der Waals surface area contributed by atoms with Gasteiger partial charge in [0.25, 0.3) is 0 Å². The van der Waals surface area contributed by atoms with Crippen LogP contribution in [0.4, 0.5) is 0 Å². The summed E-state index contributed by atoms with van der Waals surface area (Å²) in [7, 11) is 0. The highest BCUT2D eigenvalue weighted by Crippen LogP contribution is 2.20. The Kier molecular flexibility index (Phi) is 3.77. The molecule has 0 spiro atoms. The number of phenolic OH excluding ortho intramolecular Hbond substituents is 1. The summed E-state index contributed by atoms with van der Waals surface area (Å²) in [5.74, 6) is 0.218. The summed E-state index contributed by atoms with van der Waals surface area (Å²) >= 11 is 5.11. The fourth-order valence-electron chi connectivity index (χ4n) is 1.80. The standard InChI is InChI=1S/C14H10N4O4S/c19-9-3-1-8(2-4-9)13-16-17-14(23)18(13)15-6-10-5-11(20)12(21)7-22-10/h1-7,19,21H,(H,17,23). The highest BCUT2D eigenvalue weighted by atomic mass is 32.1. The molecule has 3 N–H and O–H groups in total. The van der Waals surface area contributed by atoms with Gasteiger partial charge in [-0.05, 0) is 36.5 Å². The van der Waals surface area contributed by atoms with Gasteiger partial charge in [-0.1, -0.05) is 0 Å². The van der Waals surface area contributed by atoms with Gasteiger partial charge in [-0.3, -0.25) is 4.79 Å². The van der Waals surface area contributed by atoms with Crippen molar-refractivity contribution in [1.29, 1.82) is 0 Å². The number of aromatic nitrogens is 3. The summed E-state index contributed by atoms with van der Waals surface area (Å²) in [6.45, 7) is 0. The van der Waals surface area contributed by atoms with Gasteiger partial charge in [0, 0.05) is 11.6 Å². The molecule has 8 nitrogen and oxygen atoms in total. The van der Waals surface area contributed by atoms with E-state index in [1.807, 2.05) is 0 Å². The second-order valence-electron chi connectivity index (χ2n) is 4.49. The van der Waals surface area contributed by atoms with Crippen molar-refractivity contribution >= 4 is 18.4 Å². The summed E-state index contributed by atoms with van der Waals surface area (Å²) in [6.07, 6.45) is 2.20. The smallest absolute Gasteiger partial charge is 0.227 e. The van der Waals surface area contributed by atoms with E-state index in [1.54, 1.807) is 12.1 Å².